The smallest absolute Gasteiger partial charge is 0.241 e. The lowest BCUT2D eigenvalue weighted by Gasteiger charge is -2.09. The average molecular weight is 280 g/mol. The minimum Gasteiger partial charge on any atom is -0.326 e. The molecule has 7 heteroatoms. The lowest BCUT2D eigenvalue weighted by molar-refractivity contribution is 0.580. The van der Waals surface area contributed by atoms with Crippen LogP contribution in [0.2, 0.25) is 0 Å². The quantitative estimate of drug-likeness (QED) is 0.748. The number of H-pyrrole nitrogens is 1. The first-order valence-electron chi connectivity index (χ1n) is 5.80. The van der Waals surface area contributed by atoms with Crippen LogP contribution in [0.1, 0.15) is 16.7 Å². The SMILES string of the molecule is Cc1cc(CN)ccc1S(=O)(=O)NCc1cn[nH]c1. The second-order valence-corrected chi connectivity index (χ2v) is 5.97. The summed E-state index contributed by atoms with van der Waals surface area (Å²) >= 11 is 0. The van der Waals surface area contributed by atoms with E-state index in [-0.39, 0.29) is 11.4 Å². The molecule has 4 N–H and O–H groups in total. The Morgan fingerprint density at radius 2 is 2.16 bits per heavy atom. The summed E-state index contributed by atoms with van der Waals surface area (Å²) in [5.41, 5.74) is 7.89. The van der Waals surface area contributed by atoms with Gasteiger partial charge in [-0.25, -0.2) is 13.1 Å². The Kier molecular flexibility index (Phi) is 3.98. The number of nitrogens with one attached hydrogen (secondary N) is 2. The predicted molar refractivity (Wildman–Crippen MR) is 71.7 cm³/mol. The van der Waals surface area contributed by atoms with Gasteiger partial charge in [0.15, 0.2) is 0 Å². The molecule has 0 aliphatic heterocycles. The molecule has 0 bridgehead atoms. The molecule has 0 saturated carbocycles. The van der Waals surface area contributed by atoms with Crippen molar-refractivity contribution in [3.05, 3.63) is 47.3 Å². The summed E-state index contributed by atoms with van der Waals surface area (Å²) in [4.78, 5) is 0.271. The van der Waals surface area contributed by atoms with Crippen molar-refractivity contribution >= 4 is 10.0 Å². The van der Waals surface area contributed by atoms with E-state index in [1.54, 1.807) is 37.5 Å². The summed E-state index contributed by atoms with van der Waals surface area (Å²) in [7, 11) is -3.52. The molecule has 0 aliphatic rings. The highest BCUT2D eigenvalue weighted by Gasteiger charge is 2.16. The van der Waals surface area contributed by atoms with Crippen molar-refractivity contribution in [3.8, 4) is 0 Å². The van der Waals surface area contributed by atoms with Gasteiger partial charge in [0.2, 0.25) is 10.0 Å². The molecule has 2 rings (SSSR count). The maximum atomic E-state index is 12.2. The Bertz CT molecular complexity index is 650. The minimum atomic E-state index is -3.52. The number of rotatable bonds is 5. The minimum absolute atomic E-state index is 0.205. The van der Waals surface area contributed by atoms with Crippen molar-refractivity contribution in [1.29, 1.82) is 0 Å². The highest BCUT2D eigenvalue weighted by atomic mass is 32.2. The van der Waals surface area contributed by atoms with Crippen LogP contribution in [0.25, 0.3) is 0 Å². The number of nitrogens with two attached hydrogens (primary N) is 1. The molecule has 2 aromatic rings. The zero-order valence-electron chi connectivity index (χ0n) is 10.6. The van der Waals surface area contributed by atoms with Gasteiger partial charge < -0.3 is 5.73 Å². The van der Waals surface area contributed by atoms with Crippen molar-refractivity contribution in [3.63, 3.8) is 0 Å². The fourth-order valence-corrected chi connectivity index (χ4v) is 3.01. The van der Waals surface area contributed by atoms with Crippen molar-refractivity contribution in [2.45, 2.75) is 24.9 Å². The Hall–Kier alpha value is -1.70. The molecule has 1 aromatic heterocycles. The fourth-order valence-electron chi connectivity index (χ4n) is 1.77. The largest absolute Gasteiger partial charge is 0.326 e. The average Bonchev–Trinajstić information content (AvgIpc) is 2.89. The van der Waals surface area contributed by atoms with E-state index in [0.29, 0.717) is 12.1 Å². The molecule has 0 radical (unpaired) electrons. The van der Waals surface area contributed by atoms with Gasteiger partial charge in [0.1, 0.15) is 0 Å². The van der Waals surface area contributed by atoms with Crippen LogP contribution in [-0.2, 0) is 23.1 Å². The number of aromatic nitrogens is 2. The highest BCUT2D eigenvalue weighted by molar-refractivity contribution is 7.89. The lowest BCUT2D eigenvalue weighted by Crippen LogP contribution is -2.24. The van der Waals surface area contributed by atoms with E-state index in [1.165, 1.54) is 0 Å². The Morgan fingerprint density at radius 3 is 2.74 bits per heavy atom. The number of hydrogen-bond acceptors (Lipinski definition) is 4. The third-order valence-electron chi connectivity index (χ3n) is 2.79. The molecule has 0 unspecified atom stereocenters. The van der Waals surface area contributed by atoms with Crippen LogP contribution in [0.4, 0.5) is 0 Å². The van der Waals surface area contributed by atoms with Crippen molar-refractivity contribution in [2.24, 2.45) is 5.73 Å². The third kappa shape index (κ3) is 3.19. The molecule has 19 heavy (non-hydrogen) atoms. The highest BCUT2D eigenvalue weighted by Crippen LogP contribution is 2.16. The van der Waals surface area contributed by atoms with E-state index in [1.807, 2.05) is 0 Å². The second kappa shape index (κ2) is 5.52. The van der Waals surface area contributed by atoms with Crippen molar-refractivity contribution in [1.82, 2.24) is 14.9 Å². The number of aryl methyl sites for hydroxylation is 1. The van der Waals surface area contributed by atoms with E-state index in [2.05, 4.69) is 14.9 Å². The van der Waals surface area contributed by atoms with Crippen molar-refractivity contribution in [2.75, 3.05) is 0 Å². The standard InChI is InChI=1S/C12H16N4O2S/c1-9-4-10(5-13)2-3-12(9)19(17,18)16-8-11-6-14-15-7-11/h2-4,6-7,16H,5,8,13H2,1H3,(H,14,15). The van der Waals surface area contributed by atoms with Crippen LogP contribution in [0.3, 0.4) is 0 Å². The summed E-state index contributed by atoms with van der Waals surface area (Å²) in [6.45, 7) is 2.35. The molecule has 0 aliphatic carbocycles. The van der Waals surface area contributed by atoms with E-state index in [0.717, 1.165) is 11.1 Å². The number of aromatic amines is 1. The van der Waals surface area contributed by atoms with Gasteiger partial charge in [-0.15, -0.1) is 0 Å². The monoisotopic (exact) mass is 280 g/mol. The molecule has 102 valence electrons. The van der Waals surface area contributed by atoms with Crippen LogP contribution in [0.5, 0.6) is 0 Å². The van der Waals surface area contributed by atoms with E-state index in [4.69, 9.17) is 5.73 Å². The van der Waals surface area contributed by atoms with Gasteiger partial charge in [0.25, 0.3) is 0 Å². The molecular weight excluding hydrogens is 264 g/mol. The normalized spacial score (nSPS) is 11.7. The van der Waals surface area contributed by atoms with Gasteiger partial charge in [-0.05, 0) is 24.1 Å². The van der Waals surface area contributed by atoms with Crippen LogP contribution in [-0.4, -0.2) is 18.6 Å². The maximum absolute atomic E-state index is 12.2. The first-order valence-corrected chi connectivity index (χ1v) is 7.28. The first kappa shape index (κ1) is 13.7. The molecule has 0 amide bonds. The van der Waals surface area contributed by atoms with Gasteiger partial charge in [0.05, 0.1) is 11.1 Å². The Morgan fingerprint density at radius 1 is 1.37 bits per heavy atom. The fraction of sp³-hybridized carbons (Fsp3) is 0.250. The number of hydrogen-bond donors (Lipinski definition) is 3. The molecule has 1 heterocycles. The molecule has 0 fully saturated rings. The molecular formula is C12H16N4O2S. The van der Waals surface area contributed by atoms with Crippen molar-refractivity contribution < 1.29 is 8.42 Å². The molecule has 0 spiro atoms. The lowest BCUT2D eigenvalue weighted by atomic mass is 10.1. The van der Waals surface area contributed by atoms with Crippen LogP contribution < -0.4 is 10.5 Å². The summed E-state index contributed by atoms with van der Waals surface area (Å²) < 4.78 is 26.9. The predicted octanol–water partition coefficient (Wildman–Crippen LogP) is 0.655. The summed E-state index contributed by atoms with van der Waals surface area (Å²) in [6.07, 6.45) is 3.22. The summed E-state index contributed by atoms with van der Waals surface area (Å²) in [6, 6.07) is 5.08. The van der Waals surface area contributed by atoms with E-state index >= 15 is 0 Å². The van der Waals surface area contributed by atoms with Gasteiger partial charge in [-0.2, -0.15) is 5.10 Å². The molecule has 6 nitrogen and oxygen atoms in total. The Balaban J connectivity index is 2.19. The number of sulfonamides is 1. The first-order chi connectivity index (χ1) is 9.03. The van der Waals surface area contributed by atoms with Crippen LogP contribution in [0, 0.1) is 6.92 Å². The van der Waals surface area contributed by atoms with Gasteiger partial charge in [-0.1, -0.05) is 12.1 Å². The van der Waals surface area contributed by atoms with Gasteiger partial charge in [0, 0.05) is 24.8 Å². The second-order valence-electron chi connectivity index (χ2n) is 4.24. The molecule has 0 atom stereocenters. The Labute approximate surface area is 112 Å². The van der Waals surface area contributed by atoms with Gasteiger partial charge >= 0.3 is 0 Å². The van der Waals surface area contributed by atoms with Crippen LogP contribution in [0.15, 0.2) is 35.5 Å². The summed E-state index contributed by atoms with van der Waals surface area (Å²) in [5.74, 6) is 0. The summed E-state index contributed by atoms with van der Waals surface area (Å²) in [5, 5.41) is 6.40. The zero-order valence-corrected chi connectivity index (χ0v) is 11.4. The number of nitrogens with zero attached hydrogens (tertiary/aromatic N) is 1. The van der Waals surface area contributed by atoms with E-state index in [9.17, 15) is 8.42 Å². The van der Waals surface area contributed by atoms with Crippen LogP contribution >= 0.6 is 0 Å². The molecule has 0 saturated heterocycles. The van der Waals surface area contributed by atoms with E-state index < -0.39 is 10.0 Å². The molecule has 1 aromatic carbocycles. The zero-order chi connectivity index (χ0) is 13.9. The third-order valence-corrected chi connectivity index (χ3v) is 4.35. The maximum Gasteiger partial charge on any atom is 0.241 e. The topological polar surface area (TPSA) is 101 Å². The number of benzene rings is 1. The van der Waals surface area contributed by atoms with Gasteiger partial charge in [-0.3, -0.25) is 5.10 Å².